The van der Waals surface area contributed by atoms with Gasteiger partial charge in [-0.2, -0.15) is 0 Å². The van der Waals surface area contributed by atoms with Crippen LogP contribution >= 0.6 is 0 Å². The van der Waals surface area contributed by atoms with E-state index in [9.17, 15) is 4.79 Å². The number of hydrogen-bond acceptors (Lipinski definition) is 3. The summed E-state index contributed by atoms with van der Waals surface area (Å²) >= 11 is 0. The fourth-order valence-electron chi connectivity index (χ4n) is 4.58. The van der Waals surface area contributed by atoms with Crippen LogP contribution in [0.3, 0.4) is 0 Å². The van der Waals surface area contributed by atoms with E-state index < -0.39 is 0 Å². The van der Waals surface area contributed by atoms with E-state index in [0.717, 1.165) is 33.9 Å². The summed E-state index contributed by atoms with van der Waals surface area (Å²) in [5, 5.41) is 4.84. The van der Waals surface area contributed by atoms with Crippen molar-refractivity contribution < 1.29 is 9.53 Å². The molecule has 0 aliphatic carbocycles. The van der Waals surface area contributed by atoms with Crippen molar-refractivity contribution >= 4 is 27.5 Å². The molecule has 0 fully saturated rings. The molecular weight excluding hydrogens is 456 g/mol. The lowest BCUT2D eigenvalue weighted by molar-refractivity contribution is -0.140. The van der Waals surface area contributed by atoms with Crippen molar-refractivity contribution in [2.45, 2.75) is 13.8 Å². The molecular formula is C33H28N2O2. The van der Waals surface area contributed by atoms with Crippen molar-refractivity contribution in [3.63, 3.8) is 0 Å². The summed E-state index contributed by atoms with van der Waals surface area (Å²) in [6, 6.07) is 40.2. The minimum Gasteiger partial charge on any atom is -0.466 e. The summed E-state index contributed by atoms with van der Waals surface area (Å²) < 4.78 is 4.40. The quantitative estimate of drug-likeness (QED) is 0.202. The lowest BCUT2D eigenvalue weighted by Gasteiger charge is -2.09. The molecule has 0 unspecified atom stereocenters. The second-order valence-corrected chi connectivity index (χ2v) is 8.66. The molecule has 1 aromatic heterocycles. The van der Waals surface area contributed by atoms with Crippen LogP contribution in [0.4, 0.5) is 0 Å². The first-order valence-corrected chi connectivity index (χ1v) is 12.4. The SMILES string of the molecule is CCOC(C)=O.c1ccc(-c2nc(-c3c4ccccc4cc4ccccc34)[nH]c2-c2ccccc2)cc1. The molecule has 4 heteroatoms. The van der Waals surface area contributed by atoms with Crippen LogP contribution in [0, 0.1) is 0 Å². The highest BCUT2D eigenvalue weighted by Crippen LogP contribution is 2.39. The molecule has 182 valence electrons. The monoisotopic (exact) mass is 484 g/mol. The Kier molecular flexibility index (Phi) is 7.09. The summed E-state index contributed by atoms with van der Waals surface area (Å²) in [5.74, 6) is 0.684. The van der Waals surface area contributed by atoms with Gasteiger partial charge in [0.2, 0.25) is 0 Å². The molecule has 0 saturated carbocycles. The molecule has 0 atom stereocenters. The lowest BCUT2D eigenvalue weighted by atomic mass is 9.96. The fourth-order valence-corrected chi connectivity index (χ4v) is 4.58. The van der Waals surface area contributed by atoms with Crippen molar-refractivity contribution in [3.8, 4) is 33.9 Å². The number of hydrogen-bond donors (Lipinski definition) is 1. The Bertz CT molecular complexity index is 1540. The highest BCUT2D eigenvalue weighted by Gasteiger charge is 2.18. The molecule has 0 saturated heterocycles. The first-order valence-electron chi connectivity index (χ1n) is 12.4. The summed E-state index contributed by atoms with van der Waals surface area (Å²) in [7, 11) is 0. The van der Waals surface area contributed by atoms with Crippen molar-refractivity contribution in [2.75, 3.05) is 6.61 Å². The van der Waals surface area contributed by atoms with E-state index in [1.807, 2.05) is 12.1 Å². The molecule has 0 aliphatic rings. The molecule has 0 radical (unpaired) electrons. The van der Waals surface area contributed by atoms with Gasteiger partial charge in [0.1, 0.15) is 5.82 Å². The second kappa shape index (κ2) is 10.9. The van der Waals surface area contributed by atoms with E-state index in [4.69, 9.17) is 4.98 Å². The van der Waals surface area contributed by atoms with Gasteiger partial charge in [-0.1, -0.05) is 109 Å². The zero-order valence-corrected chi connectivity index (χ0v) is 20.9. The number of fused-ring (bicyclic) bond motifs is 2. The molecule has 6 aromatic rings. The van der Waals surface area contributed by atoms with Gasteiger partial charge in [0, 0.05) is 23.6 Å². The van der Waals surface area contributed by atoms with Gasteiger partial charge < -0.3 is 9.72 Å². The van der Waals surface area contributed by atoms with Crippen molar-refractivity contribution in [1.29, 1.82) is 0 Å². The van der Waals surface area contributed by atoms with Gasteiger partial charge in [0.25, 0.3) is 0 Å². The Balaban J connectivity index is 0.000000421. The van der Waals surface area contributed by atoms with Crippen molar-refractivity contribution in [1.82, 2.24) is 9.97 Å². The van der Waals surface area contributed by atoms with Crippen LogP contribution in [-0.2, 0) is 9.53 Å². The number of nitrogens with zero attached hydrogens (tertiary/aromatic N) is 1. The van der Waals surface area contributed by atoms with E-state index >= 15 is 0 Å². The number of carbonyl (C=O) groups is 1. The Labute approximate surface area is 216 Å². The molecule has 4 nitrogen and oxygen atoms in total. The number of ether oxygens (including phenoxy) is 1. The first-order chi connectivity index (χ1) is 18.2. The predicted molar refractivity (Wildman–Crippen MR) is 152 cm³/mol. The van der Waals surface area contributed by atoms with Crippen LogP contribution in [-0.4, -0.2) is 22.5 Å². The van der Waals surface area contributed by atoms with Crippen LogP contribution in [0.15, 0.2) is 115 Å². The molecule has 0 aliphatic heterocycles. The van der Waals surface area contributed by atoms with Gasteiger partial charge in [-0.3, -0.25) is 4.79 Å². The summed E-state index contributed by atoms with van der Waals surface area (Å²) in [5.41, 5.74) is 5.39. The summed E-state index contributed by atoms with van der Waals surface area (Å²) in [6.45, 7) is 3.65. The molecule has 0 amide bonds. The Morgan fingerprint density at radius 1 is 0.730 bits per heavy atom. The van der Waals surface area contributed by atoms with E-state index in [1.54, 1.807) is 6.92 Å². The third-order valence-electron chi connectivity index (χ3n) is 6.17. The maximum absolute atomic E-state index is 9.82. The van der Waals surface area contributed by atoms with E-state index in [0.29, 0.717) is 6.61 Å². The average molecular weight is 485 g/mol. The van der Waals surface area contributed by atoms with Gasteiger partial charge in [0.15, 0.2) is 0 Å². The van der Waals surface area contributed by atoms with Gasteiger partial charge in [-0.05, 0) is 34.5 Å². The van der Waals surface area contributed by atoms with Crippen LogP contribution < -0.4 is 0 Å². The minimum absolute atomic E-state index is 0.211. The molecule has 37 heavy (non-hydrogen) atoms. The normalized spacial score (nSPS) is 10.6. The van der Waals surface area contributed by atoms with Crippen LogP contribution in [0.2, 0.25) is 0 Å². The Morgan fingerprint density at radius 2 is 1.24 bits per heavy atom. The molecule has 1 heterocycles. The fraction of sp³-hybridized carbons (Fsp3) is 0.0909. The molecule has 1 N–H and O–H groups in total. The largest absolute Gasteiger partial charge is 0.466 e. The Morgan fingerprint density at radius 3 is 1.76 bits per heavy atom. The van der Waals surface area contributed by atoms with Crippen LogP contribution in [0.25, 0.3) is 55.4 Å². The number of nitrogens with one attached hydrogen (secondary N) is 1. The standard InChI is InChI=1S/C29H20N2.C4H8O2/c1-3-11-20(12-4-1)27-28(21-13-5-2-6-14-21)31-29(30-27)26-24-17-9-7-15-22(24)19-23-16-8-10-18-25(23)26;1-3-6-4(2)5/h1-19H,(H,30,31);3H2,1-2H3. The molecule has 5 aromatic carbocycles. The highest BCUT2D eigenvalue weighted by atomic mass is 16.5. The third kappa shape index (κ3) is 5.14. The molecule has 0 bridgehead atoms. The topological polar surface area (TPSA) is 55.0 Å². The third-order valence-corrected chi connectivity index (χ3v) is 6.17. The summed E-state index contributed by atoms with van der Waals surface area (Å²) in [4.78, 5) is 18.7. The number of aromatic amines is 1. The first kappa shape index (κ1) is 24.0. The molecule has 0 spiro atoms. The van der Waals surface area contributed by atoms with Crippen molar-refractivity contribution in [2.24, 2.45) is 0 Å². The lowest BCUT2D eigenvalue weighted by Crippen LogP contribution is -1.95. The van der Waals surface area contributed by atoms with Crippen LogP contribution in [0.5, 0.6) is 0 Å². The number of carbonyl (C=O) groups excluding carboxylic acids is 1. The van der Waals surface area contributed by atoms with Crippen LogP contribution in [0.1, 0.15) is 13.8 Å². The van der Waals surface area contributed by atoms with Gasteiger partial charge in [0.05, 0.1) is 18.0 Å². The maximum atomic E-state index is 9.82. The molecule has 6 rings (SSSR count). The van der Waals surface area contributed by atoms with Crippen molar-refractivity contribution in [3.05, 3.63) is 115 Å². The second-order valence-electron chi connectivity index (χ2n) is 8.66. The van der Waals surface area contributed by atoms with E-state index in [1.165, 1.54) is 28.5 Å². The number of H-pyrrole nitrogens is 1. The summed E-state index contributed by atoms with van der Waals surface area (Å²) in [6.07, 6.45) is 0. The zero-order chi connectivity index (χ0) is 25.6. The van der Waals surface area contributed by atoms with Gasteiger partial charge >= 0.3 is 5.97 Å². The van der Waals surface area contributed by atoms with E-state index in [2.05, 4.69) is 113 Å². The number of imidazole rings is 1. The van der Waals surface area contributed by atoms with E-state index in [-0.39, 0.29) is 5.97 Å². The average Bonchev–Trinajstić information content (AvgIpc) is 3.38. The number of esters is 1. The number of benzene rings is 5. The zero-order valence-electron chi connectivity index (χ0n) is 20.9. The number of rotatable bonds is 4. The van der Waals surface area contributed by atoms with Gasteiger partial charge in [-0.25, -0.2) is 4.98 Å². The maximum Gasteiger partial charge on any atom is 0.302 e. The predicted octanol–water partition coefficient (Wildman–Crippen LogP) is 8.29. The smallest absolute Gasteiger partial charge is 0.302 e. The van der Waals surface area contributed by atoms with Gasteiger partial charge in [-0.15, -0.1) is 0 Å². The minimum atomic E-state index is -0.211. The number of aromatic nitrogens is 2. The highest BCUT2D eigenvalue weighted by molar-refractivity contribution is 6.12. The Hall–Kier alpha value is -4.70.